The van der Waals surface area contributed by atoms with E-state index in [0.717, 1.165) is 39.4 Å². The van der Waals surface area contributed by atoms with Gasteiger partial charge in [0.2, 0.25) is 0 Å². The Morgan fingerprint density at radius 2 is 1.14 bits per heavy atom. The zero-order valence-corrected chi connectivity index (χ0v) is 31.4. The van der Waals surface area contributed by atoms with E-state index in [4.69, 9.17) is 19.7 Å². The van der Waals surface area contributed by atoms with E-state index in [1.54, 1.807) is 11.3 Å². The van der Waals surface area contributed by atoms with Gasteiger partial charge < -0.3 is 9.30 Å². The second-order valence-electron chi connectivity index (χ2n) is 14.7. The van der Waals surface area contributed by atoms with E-state index in [9.17, 15) is 0 Å². The molecule has 2 unspecified atom stereocenters. The summed E-state index contributed by atoms with van der Waals surface area (Å²) >= 11 is 1.80. The summed E-state index contributed by atoms with van der Waals surface area (Å²) in [6, 6.07) is 59.8. The first-order valence-electron chi connectivity index (χ1n) is 19.3. The summed E-state index contributed by atoms with van der Waals surface area (Å²) in [7, 11) is 0. The number of nitrogens with zero attached hydrogens (tertiary/aromatic N) is 4. The molecule has 0 saturated heterocycles. The van der Waals surface area contributed by atoms with Crippen molar-refractivity contribution in [2.75, 3.05) is 0 Å². The summed E-state index contributed by atoms with van der Waals surface area (Å²) < 4.78 is 11.8. The van der Waals surface area contributed by atoms with Crippen LogP contribution < -0.4 is 4.74 Å². The lowest BCUT2D eigenvalue weighted by Crippen LogP contribution is -2.13. The predicted molar refractivity (Wildman–Crippen MR) is 233 cm³/mol. The molecule has 0 fully saturated rings. The van der Waals surface area contributed by atoms with Crippen molar-refractivity contribution >= 4 is 48.5 Å². The van der Waals surface area contributed by atoms with Crippen LogP contribution in [0.4, 0.5) is 0 Å². The first kappa shape index (κ1) is 32.1. The van der Waals surface area contributed by atoms with Gasteiger partial charge in [-0.3, -0.25) is 0 Å². The molecule has 4 heterocycles. The third-order valence-electron chi connectivity index (χ3n) is 11.4. The molecule has 1 aliphatic carbocycles. The van der Waals surface area contributed by atoms with Gasteiger partial charge in [0.05, 0.1) is 11.2 Å². The Hall–Kier alpha value is -7.15. The molecule has 12 rings (SSSR count). The standard InChI is InChI=1S/C51H32N4OS/c1-3-12-31(13-4-1)33-16-11-17-36(28-33)55-42-20-9-7-19-40(42)47-43(55)26-25-39-41-29-34(23-27-44(41)56-48(39)47)50-52-49(32-14-5-2-6-15-32)53-51(54-50)35-22-24-38-37-18-8-10-21-45(37)57-46(38)30-35/h1-30,39,48H. The number of thiophene rings is 1. The van der Waals surface area contributed by atoms with E-state index in [2.05, 4.69) is 168 Å². The molecule has 268 valence electrons. The highest BCUT2D eigenvalue weighted by Gasteiger charge is 2.40. The monoisotopic (exact) mass is 748 g/mol. The SMILES string of the molecule is C1=CC2c3cc(-c4nc(-c5ccccc5)nc(-c5ccc6c(c5)sc5ccccc56)n4)ccc3OC2c2c1n(-c1cccc(-c3ccccc3)c1)c1ccccc21. The Morgan fingerprint density at radius 3 is 1.96 bits per heavy atom. The van der Waals surface area contributed by atoms with E-state index in [0.29, 0.717) is 17.5 Å². The van der Waals surface area contributed by atoms with Crippen molar-refractivity contribution in [3.05, 3.63) is 193 Å². The highest BCUT2D eigenvalue weighted by molar-refractivity contribution is 7.25. The van der Waals surface area contributed by atoms with Crippen LogP contribution in [0.2, 0.25) is 0 Å². The van der Waals surface area contributed by atoms with Gasteiger partial charge in [0.25, 0.3) is 0 Å². The lowest BCUT2D eigenvalue weighted by molar-refractivity contribution is 0.224. The average Bonchev–Trinajstić information content (AvgIpc) is 3.96. The largest absolute Gasteiger partial charge is 0.484 e. The minimum Gasteiger partial charge on any atom is -0.484 e. The molecule has 5 nitrogen and oxygen atoms in total. The zero-order chi connectivity index (χ0) is 37.5. The number of fused-ring (bicyclic) bond motifs is 10. The fourth-order valence-electron chi connectivity index (χ4n) is 8.76. The van der Waals surface area contributed by atoms with Crippen LogP contribution in [0.25, 0.3) is 88.1 Å². The molecule has 0 N–H and O–H groups in total. The summed E-state index contributed by atoms with van der Waals surface area (Å²) in [6.07, 6.45) is 4.43. The summed E-state index contributed by atoms with van der Waals surface area (Å²) in [5.41, 5.74) is 11.0. The molecular weight excluding hydrogens is 717 g/mol. The second-order valence-corrected chi connectivity index (χ2v) is 15.8. The first-order chi connectivity index (χ1) is 28.2. The maximum Gasteiger partial charge on any atom is 0.164 e. The van der Waals surface area contributed by atoms with Gasteiger partial charge in [0.1, 0.15) is 11.9 Å². The molecule has 0 bridgehead atoms. The normalized spacial score (nSPS) is 15.4. The van der Waals surface area contributed by atoms with Crippen molar-refractivity contribution < 1.29 is 4.74 Å². The molecule has 1 aliphatic heterocycles. The lowest BCUT2D eigenvalue weighted by atomic mass is 9.85. The fourth-order valence-corrected chi connectivity index (χ4v) is 9.91. The number of rotatable bonds is 5. The van der Waals surface area contributed by atoms with Crippen LogP contribution in [0, 0.1) is 0 Å². The summed E-state index contributed by atoms with van der Waals surface area (Å²) in [5.74, 6) is 2.86. The Balaban J connectivity index is 0.957. The Kier molecular flexibility index (Phi) is 7.16. The maximum atomic E-state index is 6.91. The predicted octanol–water partition coefficient (Wildman–Crippen LogP) is 13.1. The molecule has 0 saturated carbocycles. The zero-order valence-electron chi connectivity index (χ0n) is 30.6. The van der Waals surface area contributed by atoms with Gasteiger partial charge in [-0.25, -0.2) is 15.0 Å². The van der Waals surface area contributed by atoms with Gasteiger partial charge in [-0.05, 0) is 65.7 Å². The summed E-state index contributed by atoms with van der Waals surface area (Å²) in [6.45, 7) is 0. The number of hydrogen-bond acceptors (Lipinski definition) is 5. The van der Waals surface area contributed by atoms with Crippen LogP contribution in [0.15, 0.2) is 176 Å². The molecule has 3 aromatic heterocycles. The highest BCUT2D eigenvalue weighted by Crippen LogP contribution is 2.53. The molecule has 2 aliphatic rings. The topological polar surface area (TPSA) is 52.8 Å². The molecule has 7 aromatic carbocycles. The minimum atomic E-state index is -0.166. The molecule has 10 aromatic rings. The molecular formula is C51H32N4OS. The van der Waals surface area contributed by atoms with Gasteiger partial charge in [0, 0.05) is 65.0 Å². The fraction of sp³-hybridized carbons (Fsp3) is 0.0392. The minimum absolute atomic E-state index is 0.0348. The van der Waals surface area contributed by atoms with E-state index in [1.165, 1.54) is 47.8 Å². The number of benzene rings is 7. The smallest absolute Gasteiger partial charge is 0.164 e. The van der Waals surface area contributed by atoms with Gasteiger partial charge in [-0.1, -0.05) is 127 Å². The van der Waals surface area contributed by atoms with Gasteiger partial charge >= 0.3 is 0 Å². The van der Waals surface area contributed by atoms with Gasteiger partial charge in [0.15, 0.2) is 17.5 Å². The van der Waals surface area contributed by atoms with Crippen molar-refractivity contribution in [3.63, 3.8) is 0 Å². The van der Waals surface area contributed by atoms with Crippen LogP contribution in [0.3, 0.4) is 0 Å². The lowest BCUT2D eigenvalue weighted by Gasteiger charge is -2.22. The quantitative estimate of drug-likeness (QED) is 0.176. The number of hydrogen-bond donors (Lipinski definition) is 0. The number of ether oxygens (including phenoxy) is 1. The summed E-state index contributed by atoms with van der Waals surface area (Å²) in [5, 5.41) is 3.72. The molecule has 0 radical (unpaired) electrons. The van der Waals surface area contributed by atoms with Crippen molar-refractivity contribution in [2.45, 2.75) is 12.0 Å². The van der Waals surface area contributed by atoms with Gasteiger partial charge in [-0.2, -0.15) is 0 Å². The van der Waals surface area contributed by atoms with E-state index >= 15 is 0 Å². The van der Waals surface area contributed by atoms with Crippen molar-refractivity contribution in [3.8, 4) is 56.7 Å². The first-order valence-corrected chi connectivity index (χ1v) is 20.1. The Bertz CT molecular complexity index is 3240. The van der Waals surface area contributed by atoms with Crippen LogP contribution in [0.5, 0.6) is 5.75 Å². The highest BCUT2D eigenvalue weighted by atomic mass is 32.1. The van der Waals surface area contributed by atoms with Crippen molar-refractivity contribution in [1.29, 1.82) is 0 Å². The van der Waals surface area contributed by atoms with Crippen molar-refractivity contribution in [1.82, 2.24) is 19.5 Å². The molecule has 0 spiro atoms. The van der Waals surface area contributed by atoms with Crippen molar-refractivity contribution in [2.24, 2.45) is 0 Å². The summed E-state index contributed by atoms with van der Waals surface area (Å²) in [4.78, 5) is 15.3. The Morgan fingerprint density at radius 1 is 0.491 bits per heavy atom. The third kappa shape index (κ3) is 5.18. The number of aromatic nitrogens is 4. The van der Waals surface area contributed by atoms with E-state index in [1.807, 2.05) is 18.2 Å². The average molecular weight is 749 g/mol. The molecule has 6 heteroatoms. The van der Waals surface area contributed by atoms with Crippen LogP contribution in [-0.4, -0.2) is 19.5 Å². The number of para-hydroxylation sites is 1. The van der Waals surface area contributed by atoms with Crippen LogP contribution in [0.1, 0.15) is 28.8 Å². The van der Waals surface area contributed by atoms with Crippen LogP contribution >= 0.6 is 11.3 Å². The molecule has 0 amide bonds. The van der Waals surface area contributed by atoms with E-state index in [-0.39, 0.29) is 12.0 Å². The Labute approximate surface area is 332 Å². The second kappa shape index (κ2) is 12.7. The molecule has 57 heavy (non-hydrogen) atoms. The van der Waals surface area contributed by atoms with Crippen LogP contribution in [-0.2, 0) is 0 Å². The molecule has 2 atom stereocenters. The van der Waals surface area contributed by atoms with Gasteiger partial charge in [-0.15, -0.1) is 11.3 Å². The van der Waals surface area contributed by atoms with E-state index < -0.39 is 0 Å². The third-order valence-corrected chi connectivity index (χ3v) is 12.6. The maximum absolute atomic E-state index is 6.91.